The fourth-order valence-corrected chi connectivity index (χ4v) is 2.79. The van der Waals surface area contributed by atoms with Crippen molar-refractivity contribution in [3.8, 4) is 0 Å². The highest BCUT2D eigenvalue weighted by Gasteiger charge is 2.28. The molecule has 3 N–H and O–H groups in total. The topological polar surface area (TPSA) is 63.8 Å². The van der Waals surface area contributed by atoms with Crippen LogP contribution in [0.5, 0.6) is 0 Å². The van der Waals surface area contributed by atoms with Crippen molar-refractivity contribution in [2.75, 3.05) is 17.6 Å². The van der Waals surface area contributed by atoms with Crippen LogP contribution in [-0.2, 0) is 6.42 Å². The first-order valence-electron chi connectivity index (χ1n) is 7.41. The Morgan fingerprint density at radius 3 is 2.58 bits per heavy atom. The minimum Gasteiger partial charge on any atom is -0.383 e. The Bertz CT molecular complexity index is 436. The van der Waals surface area contributed by atoms with E-state index in [-0.39, 0.29) is 0 Å². The second-order valence-electron chi connectivity index (χ2n) is 6.12. The zero-order valence-corrected chi connectivity index (χ0v) is 12.4. The summed E-state index contributed by atoms with van der Waals surface area (Å²) < 4.78 is 0. The highest BCUT2D eigenvalue weighted by atomic mass is 15.1. The number of hydrogen-bond acceptors (Lipinski definition) is 4. The van der Waals surface area contributed by atoms with Gasteiger partial charge in [0.05, 0.1) is 0 Å². The van der Waals surface area contributed by atoms with Crippen molar-refractivity contribution in [2.45, 2.75) is 59.3 Å². The molecule has 1 aromatic heterocycles. The lowest BCUT2D eigenvalue weighted by molar-refractivity contribution is 0.361. The molecule has 4 nitrogen and oxygen atoms in total. The largest absolute Gasteiger partial charge is 0.383 e. The monoisotopic (exact) mass is 262 g/mol. The zero-order chi connectivity index (χ0) is 13.9. The first-order chi connectivity index (χ1) is 9.04. The Morgan fingerprint density at radius 2 is 1.95 bits per heavy atom. The Labute approximate surface area is 116 Å². The second kappa shape index (κ2) is 5.76. The van der Waals surface area contributed by atoms with Gasteiger partial charge in [0.1, 0.15) is 17.5 Å². The average molecular weight is 262 g/mol. The van der Waals surface area contributed by atoms with Gasteiger partial charge in [-0.2, -0.15) is 0 Å². The van der Waals surface area contributed by atoms with Gasteiger partial charge in [-0.1, -0.05) is 26.7 Å². The van der Waals surface area contributed by atoms with Crippen LogP contribution in [0.4, 0.5) is 11.6 Å². The molecule has 1 aromatic rings. The van der Waals surface area contributed by atoms with Gasteiger partial charge in [0.25, 0.3) is 0 Å². The number of aryl methyl sites for hydroxylation is 1. The summed E-state index contributed by atoms with van der Waals surface area (Å²) in [6.45, 7) is 7.46. The van der Waals surface area contributed by atoms with Crippen LogP contribution in [0.3, 0.4) is 0 Å². The Morgan fingerprint density at radius 1 is 1.26 bits per heavy atom. The quantitative estimate of drug-likeness (QED) is 0.854. The SMILES string of the molecule is CCCc1nc(N)c(C)c(NCC2(C)CCCC2)n1. The van der Waals surface area contributed by atoms with Gasteiger partial charge >= 0.3 is 0 Å². The van der Waals surface area contributed by atoms with E-state index < -0.39 is 0 Å². The number of nitrogens with one attached hydrogen (secondary N) is 1. The molecule has 106 valence electrons. The summed E-state index contributed by atoms with van der Waals surface area (Å²) in [7, 11) is 0. The number of anilines is 2. The molecule has 1 aliphatic rings. The highest BCUT2D eigenvalue weighted by molar-refractivity contribution is 5.54. The van der Waals surface area contributed by atoms with Gasteiger partial charge in [0, 0.05) is 18.5 Å². The molecule has 0 aromatic carbocycles. The van der Waals surface area contributed by atoms with E-state index in [1.807, 2.05) is 6.92 Å². The molecular weight excluding hydrogens is 236 g/mol. The molecule has 1 aliphatic carbocycles. The molecule has 0 amide bonds. The standard InChI is InChI=1S/C15H26N4/c1-4-7-12-18-13(16)11(2)14(19-12)17-10-15(3)8-5-6-9-15/h4-10H2,1-3H3,(H3,16,17,18,19). The number of nitrogens with two attached hydrogens (primary N) is 1. The fraction of sp³-hybridized carbons (Fsp3) is 0.733. The third-order valence-corrected chi connectivity index (χ3v) is 4.20. The summed E-state index contributed by atoms with van der Waals surface area (Å²) in [6, 6.07) is 0. The third-order valence-electron chi connectivity index (χ3n) is 4.20. The molecule has 19 heavy (non-hydrogen) atoms. The Hall–Kier alpha value is -1.32. The first kappa shape index (κ1) is 14.1. The van der Waals surface area contributed by atoms with Gasteiger partial charge in [0.15, 0.2) is 0 Å². The molecule has 2 rings (SSSR count). The summed E-state index contributed by atoms with van der Waals surface area (Å²) in [6.07, 6.45) is 7.24. The van der Waals surface area contributed by atoms with Crippen molar-refractivity contribution < 1.29 is 0 Å². The third kappa shape index (κ3) is 3.37. The number of nitrogen functional groups attached to an aromatic ring is 1. The molecule has 0 radical (unpaired) electrons. The summed E-state index contributed by atoms with van der Waals surface area (Å²) in [5.41, 5.74) is 7.36. The number of nitrogens with zero attached hydrogens (tertiary/aromatic N) is 2. The van der Waals surface area contributed by atoms with E-state index in [1.54, 1.807) is 0 Å². The van der Waals surface area contributed by atoms with Crippen LogP contribution in [0.1, 0.15) is 57.3 Å². The summed E-state index contributed by atoms with van der Waals surface area (Å²) in [4.78, 5) is 8.96. The van der Waals surface area contributed by atoms with E-state index in [0.29, 0.717) is 11.2 Å². The van der Waals surface area contributed by atoms with Crippen LogP contribution in [0.2, 0.25) is 0 Å². The molecule has 0 unspecified atom stereocenters. The van der Waals surface area contributed by atoms with Crippen LogP contribution >= 0.6 is 0 Å². The number of rotatable bonds is 5. The summed E-state index contributed by atoms with van der Waals surface area (Å²) >= 11 is 0. The van der Waals surface area contributed by atoms with Crippen LogP contribution < -0.4 is 11.1 Å². The van der Waals surface area contributed by atoms with Crippen LogP contribution in [-0.4, -0.2) is 16.5 Å². The first-order valence-corrected chi connectivity index (χ1v) is 7.41. The molecule has 0 saturated heterocycles. The number of hydrogen-bond donors (Lipinski definition) is 2. The predicted molar refractivity (Wildman–Crippen MR) is 80.2 cm³/mol. The van der Waals surface area contributed by atoms with Crippen molar-refractivity contribution in [3.05, 3.63) is 11.4 Å². The molecular formula is C15H26N4. The van der Waals surface area contributed by atoms with Gasteiger partial charge in [-0.3, -0.25) is 0 Å². The predicted octanol–water partition coefficient (Wildman–Crippen LogP) is 3.31. The maximum absolute atomic E-state index is 5.98. The van der Waals surface area contributed by atoms with Gasteiger partial charge in [0.2, 0.25) is 0 Å². The van der Waals surface area contributed by atoms with E-state index in [2.05, 4.69) is 29.1 Å². The molecule has 4 heteroatoms. The van der Waals surface area contributed by atoms with E-state index >= 15 is 0 Å². The van der Waals surface area contributed by atoms with Crippen molar-refractivity contribution in [1.82, 2.24) is 9.97 Å². The van der Waals surface area contributed by atoms with E-state index in [9.17, 15) is 0 Å². The minimum absolute atomic E-state index is 0.414. The molecule has 1 saturated carbocycles. The maximum atomic E-state index is 5.98. The lowest BCUT2D eigenvalue weighted by atomic mass is 9.89. The van der Waals surface area contributed by atoms with Gasteiger partial charge in [-0.15, -0.1) is 0 Å². The Kier molecular flexibility index (Phi) is 4.27. The molecule has 1 fully saturated rings. The van der Waals surface area contributed by atoms with Crippen molar-refractivity contribution in [3.63, 3.8) is 0 Å². The van der Waals surface area contributed by atoms with Crippen molar-refractivity contribution in [1.29, 1.82) is 0 Å². The second-order valence-corrected chi connectivity index (χ2v) is 6.12. The molecule has 0 spiro atoms. The van der Waals surface area contributed by atoms with E-state index in [0.717, 1.165) is 36.6 Å². The molecule has 0 aliphatic heterocycles. The van der Waals surface area contributed by atoms with Crippen LogP contribution in [0.15, 0.2) is 0 Å². The summed E-state index contributed by atoms with van der Waals surface area (Å²) in [5, 5.41) is 3.50. The van der Waals surface area contributed by atoms with Crippen molar-refractivity contribution >= 4 is 11.6 Å². The highest BCUT2D eigenvalue weighted by Crippen LogP contribution is 2.37. The lowest BCUT2D eigenvalue weighted by Crippen LogP contribution is -2.24. The minimum atomic E-state index is 0.414. The zero-order valence-electron chi connectivity index (χ0n) is 12.4. The smallest absolute Gasteiger partial charge is 0.134 e. The number of aromatic nitrogens is 2. The van der Waals surface area contributed by atoms with Crippen molar-refractivity contribution in [2.24, 2.45) is 5.41 Å². The summed E-state index contributed by atoms with van der Waals surface area (Å²) in [5.74, 6) is 2.38. The van der Waals surface area contributed by atoms with Gasteiger partial charge in [-0.05, 0) is 31.6 Å². The normalized spacial score (nSPS) is 17.6. The molecule has 0 bridgehead atoms. The van der Waals surface area contributed by atoms with E-state index in [4.69, 9.17) is 5.73 Å². The Balaban J connectivity index is 2.10. The van der Waals surface area contributed by atoms with Gasteiger partial charge < -0.3 is 11.1 Å². The molecule has 1 heterocycles. The fourth-order valence-electron chi connectivity index (χ4n) is 2.79. The average Bonchev–Trinajstić information content (AvgIpc) is 2.80. The molecule has 0 atom stereocenters. The van der Waals surface area contributed by atoms with E-state index in [1.165, 1.54) is 25.7 Å². The maximum Gasteiger partial charge on any atom is 0.134 e. The van der Waals surface area contributed by atoms with Gasteiger partial charge in [-0.25, -0.2) is 9.97 Å². The van der Waals surface area contributed by atoms with Crippen LogP contribution in [0, 0.1) is 12.3 Å². The van der Waals surface area contributed by atoms with Crippen LogP contribution in [0.25, 0.3) is 0 Å². The lowest BCUT2D eigenvalue weighted by Gasteiger charge is -2.24.